The summed E-state index contributed by atoms with van der Waals surface area (Å²) in [7, 11) is -0.0599. The third kappa shape index (κ3) is 8.40. The third-order valence-electron chi connectivity index (χ3n) is 3.60. The van der Waals surface area contributed by atoms with Gasteiger partial charge < -0.3 is 15.0 Å². The number of hydrogen-bond donors (Lipinski definition) is 2. The molecule has 0 radical (unpaired) electrons. The zero-order valence-corrected chi connectivity index (χ0v) is 19.8. The first-order chi connectivity index (χ1) is 13.3. The lowest BCUT2D eigenvalue weighted by atomic mass is 10.2. The van der Waals surface area contributed by atoms with Crippen molar-refractivity contribution in [1.82, 2.24) is 14.9 Å². The van der Waals surface area contributed by atoms with Gasteiger partial charge in [0, 0.05) is 33.7 Å². The summed E-state index contributed by atoms with van der Waals surface area (Å²) in [5.41, 5.74) is 0.880. The van der Waals surface area contributed by atoms with Crippen LogP contribution in [0.1, 0.15) is 5.56 Å². The summed E-state index contributed by atoms with van der Waals surface area (Å²) in [5, 5.41) is 4.78. The molecule has 0 atom stereocenters. The Morgan fingerprint density at radius 2 is 1.93 bits per heavy atom. The summed E-state index contributed by atoms with van der Waals surface area (Å²) in [6.45, 7) is -1.82. The molecule has 1 heterocycles. The predicted molar refractivity (Wildman–Crippen MR) is 121 cm³/mol. The van der Waals surface area contributed by atoms with E-state index < -0.39 is 16.6 Å². The van der Waals surface area contributed by atoms with Gasteiger partial charge in [0.1, 0.15) is 9.96 Å². The molecular weight excluding hydrogens is 537 g/mol. The minimum absolute atomic E-state index is 0. The highest BCUT2D eigenvalue weighted by atomic mass is 127. The standard InChI is InChI=1S/C17H22F2N4O3S2.HI/c1-20-17(21-9-10-22-28(24,25)15-4-3-11-27-15)23(2)12-13-5-7-14(8-6-13)26-16(18)19;/h3-8,11,16,22H,9-10,12H2,1-2H3,(H,20,21);1H. The first-order valence-corrected chi connectivity index (χ1v) is 10.7. The molecule has 0 amide bonds. The molecule has 0 spiro atoms. The normalized spacial score (nSPS) is 11.8. The molecule has 0 aliphatic heterocycles. The number of sulfonamides is 1. The minimum Gasteiger partial charge on any atom is -0.435 e. The maximum atomic E-state index is 12.2. The molecular formula is C17H23F2IN4O3S2. The number of nitrogens with zero attached hydrogens (tertiary/aromatic N) is 2. The Kier molecular flexibility index (Phi) is 10.8. The predicted octanol–water partition coefficient (Wildman–Crippen LogP) is 2.95. The quantitative estimate of drug-likeness (QED) is 0.213. The fraction of sp³-hybridized carbons (Fsp3) is 0.353. The molecule has 1 aromatic carbocycles. The summed E-state index contributed by atoms with van der Waals surface area (Å²) >= 11 is 1.16. The molecule has 7 nitrogen and oxygen atoms in total. The average molecular weight is 560 g/mol. The molecule has 0 aliphatic rings. The van der Waals surface area contributed by atoms with Crippen molar-refractivity contribution in [2.24, 2.45) is 4.99 Å². The topological polar surface area (TPSA) is 83.0 Å². The van der Waals surface area contributed by atoms with Gasteiger partial charge in [-0.25, -0.2) is 13.1 Å². The Hall–Kier alpha value is -1.51. The Morgan fingerprint density at radius 1 is 1.24 bits per heavy atom. The second kappa shape index (κ2) is 12.2. The third-order valence-corrected chi connectivity index (χ3v) is 6.46. The van der Waals surface area contributed by atoms with Crippen LogP contribution < -0.4 is 14.8 Å². The van der Waals surface area contributed by atoms with Crippen LogP contribution in [0.2, 0.25) is 0 Å². The van der Waals surface area contributed by atoms with Crippen molar-refractivity contribution < 1.29 is 21.9 Å². The zero-order valence-electron chi connectivity index (χ0n) is 15.8. The van der Waals surface area contributed by atoms with E-state index in [0.717, 1.165) is 16.9 Å². The van der Waals surface area contributed by atoms with Crippen LogP contribution in [0.3, 0.4) is 0 Å². The number of ether oxygens (including phenoxy) is 1. The van der Waals surface area contributed by atoms with Gasteiger partial charge in [-0.2, -0.15) is 8.78 Å². The van der Waals surface area contributed by atoms with Crippen LogP contribution in [-0.4, -0.2) is 53.1 Å². The van der Waals surface area contributed by atoms with Gasteiger partial charge in [-0.15, -0.1) is 35.3 Å². The van der Waals surface area contributed by atoms with Gasteiger partial charge in [0.05, 0.1) is 0 Å². The van der Waals surface area contributed by atoms with E-state index in [2.05, 4.69) is 19.8 Å². The van der Waals surface area contributed by atoms with Gasteiger partial charge in [0.15, 0.2) is 5.96 Å². The number of benzene rings is 1. The van der Waals surface area contributed by atoms with E-state index in [-0.39, 0.29) is 40.5 Å². The Labute approximate surface area is 190 Å². The highest BCUT2D eigenvalue weighted by molar-refractivity contribution is 14.0. The second-order valence-corrected chi connectivity index (χ2v) is 8.62. The Balaban J connectivity index is 0.00000420. The van der Waals surface area contributed by atoms with Gasteiger partial charge in [-0.1, -0.05) is 18.2 Å². The number of halogens is 3. The molecule has 2 aromatic rings. The fourth-order valence-electron chi connectivity index (χ4n) is 2.36. The van der Waals surface area contributed by atoms with E-state index in [1.807, 2.05) is 11.9 Å². The van der Waals surface area contributed by atoms with Crippen molar-refractivity contribution in [2.75, 3.05) is 27.2 Å². The number of hydrogen-bond acceptors (Lipinski definition) is 5. The summed E-state index contributed by atoms with van der Waals surface area (Å²) < 4.78 is 55.6. The first kappa shape index (κ1) is 25.5. The number of guanidine groups is 1. The number of aliphatic imine (C=N–C) groups is 1. The van der Waals surface area contributed by atoms with Crippen molar-refractivity contribution in [3.8, 4) is 5.75 Å². The molecule has 0 saturated heterocycles. The van der Waals surface area contributed by atoms with E-state index in [0.29, 0.717) is 19.0 Å². The van der Waals surface area contributed by atoms with Crippen LogP contribution in [0.4, 0.5) is 8.78 Å². The van der Waals surface area contributed by atoms with Crippen LogP contribution in [0.15, 0.2) is 51.0 Å². The van der Waals surface area contributed by atoms with Crippen molar-refractivity contribution in [3.05, 3.63) is 47.3 Å². The molecule has 2 N–H and O–H groups in total. The van der Waals surface area contributed by atoms with Gasteiger partial charge in [-0.05, 0) is 29.1 Å². The van der Waals surface area contributed by atoms with Crippen LogP contribution >= 0.6 is 35.3 Å². The van der Waals surface area contributed by atoms with E-state index in [1.54, 1.807) is 36.7 Å². The average Bonchev–Trinajstić information content (AvgIpc) is 3.18. The molecule has 0 bridgehead atoms. The second-order valence-electron chi connectivity index (χ2n) is 5.68. The van der Waals surface area contributed by atoms with Gasteiger partial charge in [0.25, 0.3) is 0 Å². The van der Waals surface area contributed by atoms with E-state index in [1.165, 1.54) is 12.1 Å². The van der Waals surface area contributed by atoms with Crippen molar-refractivity contribution in [1.29, 1.82) is 0 Å². The lowest BCUT2D eigenvalue weighted by Crippen LogP contribution is -2.42. The van der Waals surface area contributed by atoms with E-state index >= 15 is 0 Å². The molecule has 162 valence electrons. The highest BCUT2D eigenvalue weighted by Crippen LogP contribution is 2.16. The Morgan fingerprint density at radius 3 is 2.48 bits per heavy atom. The molecule has 0 unspecified atom stereocenters. The molecule has 12 heteroatoms. The van der Waals surface area contributed by atoms with Crippen molar-refractivity contribution in [3.63, 3.8) is 0 Å². The van der Waals surface area contributed by atoms with Gasteiger partial charge in [0.2, 0.25) is 10.0 Å². The maximum Gasteiger partial charge on any atom is 0.387 e. The number of thiophene rings is 1. The Bertz CT molecular complexity index is 863. The van der Waals surface area contributed by atoms with Gasteiger partial charge >= 0.3 is 6.61 Å². The smallest absolute Gasteiger partial charge is 0.387 e. The monoisotopic (exact) mass is 560 g/mol. The maximum absolute atomic E-state index is 12.2. The van der Waals surface area contributed by atoms with Crippen molar-refractivity contribution >= 4 is 51.3 Å². The van der Waals surface area contributed by atoms with E-state index in [4.69, 9.17) is 0 Å². The first-order valence-electron chi connectivity index (χ1n) is 8.30. The van der Waals surface area contributed by atoms with Crippen LogP contribution in [-0.2, 0) is 16.6 Å². The summed E-state index contributed by atoms with van der Waals surface area (Å²) in [6.07, 6.45) is 0. The van der Waals surface area contributed by atoms with Crippen molar-refractivity contribution in [2.45, 2.75) is 17.4 Å². The molecule has 0 fully saturated rings. The number of alkyl halides is 2. The summed E-state index contributed by atoms with van der Waals surface area (Å²) in [6, 6.07) is 9.56. The minimum atomic E-state index is -3.49. The number of rotatable bonds is 9. The van der Waals surface area contributed by atoms with Crippen LogP contribution in [0, 0.1) is 0 Å². The highest BCUT2D eigenvalue weighted by Gasteiger charge is 2.14. The summed E-state index contributed by atoms with van der Waals surface area (Å²) in [5.74, 6) is 0.671. The molecule has 0 saturated carbocycles. The number of nitrogens with one attached hydrogen (secondary N) is 2. The summed E-state index contributed by atoms with van der Waals surface area (Å²) in [4.78, 5) is 5.99. The largest absolute Gasteiger partial charge is 0.435 e. The van der Waals surface area contributed by atoms with Crippen LogP contribution in [0.5, 0.6) is 5.75 Å². The molecule has 1 aromatic heterocycles. The SMILES string of the molecule is CN=C(NCCNS(=O)(=O)c1cccs1)N(C)Cc1ccc(OC(F)F)cc1.I. The zero-order chi connectivity index (χ0) is 20.6. The fourth-order valence-corrected chi connectivity index (χ4v) is 4.43. The molecule has 2 rings (SSSR count). The molecule has 0 aliphatic carbocycles. The van der Waals surface area contributed by atoms with E-state index in [9.17, 15) is 17.2 Å². The lowest BCUT2D eigenvalue weighted by molar-refractivity contribution is -0.0498. The molecule has 29 heavy (non-hydrogen) atoms. The van der Waals surface area contributed by atoms with Crippen LogP contribution in [0.25, 0.3) is 0 Å². The lowest BCUT2D eigenvalue weighted by Gasteiger charge is -2.22. The van der Waals surface area contributed by atoms with Gasteiger partial charge in [-0.3, -0.25) is 4.99 Å².